The van der Waals surface area contributed by atoms with Crippen molar-refractivity contribution in [3.8, 4) is 0 Å². The van der Waals surface area contributed by atoms with Crippen molar-refractivity contribution in [1.82, 2.24) is 4.72 Å². The largest absolute Gasteiger partial charge is 0.274 e. The molecule has 1 atom stereocenters. The van der Waals surface area contributed by atoms with Gasteiger partial charge in [-0.05, 0) is 18.4 Å². The summed E-state index contributed by atoms with van der Waals surface area (Å²) in [5.41, 5.74) is 0. The molecule has 0 aliphatic heterocycles. The van der Waals surface area contributed by atoms with E-state index in [0.29, 0.717) is 0 Å². The number of thiophene rings is 1. The summed E-state index contributed by atoms with van der Waals surface area (Å²) in [5.74, 6) is 0. The zero-order chi connectivity index (χ0) is 9.19. The Morgan fingerprint density at radius 3 is 2.75 bits per heavy atom. The Morgan fingerprint density at radius 1 is 1.67 bits per heavy atom. The van der Waals surface area contributed by atoms with E-state index in [1.54, 1.807) is 6.92 Å². The number of nitrogens with two attached hydrogens (primary N) is 1. The number of rotatable bonds is 3. The summed E-state index contributed by atoms with van der Waals surface area (Å²) >= 11 is 1.49. The molecule has 0 unspecified atom stereocenters. The van der Waals surface area contributed by atoms with Crippen molar-refractivity contribution in [3.63, 3.8) is 0 Å². The highest BCUT2D eigenvalue weighted by molar-refractivity contribution is 7.87. The molecule has 3 N–H and O–H groups in total. The first-order valence-corrected chi connectivity index (χ1v) is 5.75. The van der Waals surface area contributed by atoms with Gasteiger partial charge in [-0.1, -0.05) is 6.07 Å². The molecular formula is C6H10N2O2S2. The van der Waals surface area contributed by atoms with Gasteiger partial charge in [-0.15, -0.1) is 11.3 Å². The van der Waals surface area contributed by atoms with Crippen molar-refractivity contribution in [2.45, 2.75) is 13.0 Å². The molecule has 4 nitrogen and oxygen atoms in total. The Kier molecular flexibility index (Phi) is 2.84. The van der Waals surface area contributed by atoms with Crippen molar-refractivity contribution in [1.29, 1.82) is 0 Å². The molecule has 1 rings (SSSR count). The zero-order valence-electron chi connectivity index (χ0n) is 6.52. The molecule has 68 valence electrons. The van der Waals surface area contributed by atoms with Gasteiger partial charge >= 0.3 is 0 Å². The predicted octanol–water partition coefficient (Wildman–Crippen LogP) is 0.602. The maximum absolute atomic E-state index is 10.6. The van der Waals surface area contributed by atoms with Gasteiger partial charge < -0.3 is 0 Å². The molecule has 0 amide bonds. The van der Waals surface area contributed by atoms with Crippen molar-refractivity contribution in [2.24, 2.45) is 5.14 Å². The maximum Gasteiger partial charge on any atom is 0.274 e. The Bertz CT molecular complexity index is 330. The first kappa shape index (κ1) is 9.66. The summed E-state index contributed by atoms with van der Waals surface area (Å²) in [6.45, 7) is 1.75. The molecule has 12 heavy (non-hydrogen) atoms. The first-order valence-electron chi connectivity index (χ1n) is 3.32. The average Bonchev–Trinajstić information content (AvgIpc) is 2.32. The SMILES string of the molecule is C[C@@H](NS(N)(=O)=O)c1cccs1. The molecule has 0 radical (unpaired) electrons. The van der Waals surface area contributed by atoms with E-state index in [4.69, 9.17) is 5.14 Å². The van der Waals surface area contributed by atoms with E-state index in [1.165, 1.54) is 11.3 Å². The molecule has 0 aliphatic rings. The van der Waals surface area contributed by atoms with E-state index in [2.05, 4.69) is 4.72 Å². The lowest BCUT2D eigenvalue weighted by atomic mass is 10.3. The summed E-state index contributed by atoms with van der Waals surface area (Å²) in [4.78, 5) is 0.948. The molecule has 0 fully saturated rings. The van der Waals surface area contributed by atoms with Gasteiger partial charge in [0.05, 0.1) is 6.04 Å². The molecule has 0 aromatic carbocycles. The fourth-order valence-corrected chi connectivity index (χ4v) is 2.27. The lowest BCUT2D eigenvalue weighted by Crippen LogP contribution is -2.32. The second-order valence-electron chi connectivity index (χ2n) is 2.40. The zero-order valence-corrected chi connectivity index (χ0v) is 8.15. The highest BCUT2D eigenvalue weighted by Crippen LogP contribution is 2.17. The van der Waals surface area contributed by atoms with Crippen LogP contribution in [0.4, 0.5) is 0 Å². The lowest BCUT2D eigenvalue weighted by Gasteiger charge is -2.08. The van der Waals surface area contributed by atoms with Crippen LogP contribution in [0.5, 0.6) is 0 Å². The van der Waals surface area contributed by atoms with E-state index in [-0.39, 0.29) is 6.04 Å². The topological polar surface area (TPSA) is 72.2 Å². The lowest BCUT2D eigenvalue weighted by molar-refractivity contribution is 0.570. The van der Waals surface area contributed by atoms with Crippen LogP contribution in [0.1, 0.15) is 17.8 Å². The van der Waals surface area contributed by atoms with Gasteiger partial charge in [0.15, 0.2) is 0 Å². The molecule has 0 aliphatic carbocycles. The van der Waals surface area contributed by atoms with E-state index in [9.17, 15) is 8.42 Å². The van der Waals surface area contributed by atoms with Gasteiger partial charge in [0.1, 0.15) is 0 Å². The summed E-state index contributed by atoms with van der Waals surface area (Å²) in [7, 11) is -3.59. The minimum absolute atomic E-state index is 0.250. The molecular weight excluding hydrogens is 196 g/mol. The highest BCUT2D eigenvalue weighted by Gasteiger charge is 2.11. The standard InChI is InChI=1S/C6H10N2O2S2/c1-5(8-12(7,9)10)6-3-2-4-11-6/h2-5,8H,1H3,(H2,7,9,10)/t5-/m1/s1. The molecule has 0 bridgehead atoms. The van der Waals surface area contributed by atoms with Crippen molar-refractivity contribution < 1.29 is 8.42 Å². The van der Waals surface area contributed by atoms with E-state index < -0.39 is 10.2 Å². The first-order chi connectivity index (χ1) is 5.49. The van der Waals surface area contributed by atoms with Crippen molar-refractivity contribution >= 4 is 21.5 Å². The van der Waals surface area contributed by atoms with Crippen LogP contribution < -0.4 is 9.86 Å². The van der Waals surface area contributed by atoms with Crippen molar-refractivity contribution in [2.75, 3.05) is 0 Å². The molecule has 6 heteroatoms. The van der Waals surface area contributed by atoms with Crippen LogP contribution in [0.25, 0.3) is 0 Å². The molecule has 0 saturated carbocycles. The van der Waals surface area contributed by atoms with Gasteiger partial charge in [0.2, 0.25) is 0 Å². The minimum atomic E-state index is -3.59. The number of nitrogens with one attached hydrogen (secondary N) is 1. The van der Waals surface area contributed by atoms with Crippen LogP contribution in [-0.4, -0.2) is 8.42 Å². The molecule has 0 saturated heterocycles. The molecule has 0 spiro atoms. The third-order valence-electron chi connectivity index (χ3n) is 1.31. The second-order valence-corrected chi connectivity index (χ2v) is 4.70. The third kappa shape index (κ3) is 2.90. The van der Waals surface area contributed by atoms with Gasteiger partial charge in [0, 0.05) is 4.88 Å². The summed E-state index contributed by atoms with van der Waals surface area (Å²) in [6.07, 6.45) is 0. The monoisotopic (exact) mass is 206 g/mol. The van der Waals surface area contributed by atoms with Crippen LogP contribution in [0.2, 0.25) is 0 Å². The fourth-order valence-electron chi connectivity index (χ4n) is 0.842. The third-order valence-corrected chi connectivity index (χ3v) is 3.05. The summed E-state index contributed by atoms with van der Waals surface area (Å²) in [5, 5.41) is 6.69. The number of hydrogen-bond donors (Lipinski definition) is 2. The fraction of sp³-hybridized carbons (Fsp3) is 0.333. The van der Waals surface area contributed by atoms with Crippen LogP contribution >= 0.6 is 11.3 Å². The summed E-state index contributed by atoms with van der Waals surface area (Å²) in [6, 6.07) is 3.47. The van der Waals surface area contributed by atoms with Gasteiger partial charge in [0.25, 0.3) is 10.2 Å². The van der Waals surface area contributed by atoms with Crippen molar-refractivity contribution in [3.05, 3.63) is 22.4 Å². The Morgan fingerprint density at radius 2 is 2.33 bits per heavy atom. The van der Waals surface area contributed by atoms with Crippen LogP contribution in [0.15, 0.2) is 17.5 Å². The van der Waals surface area contributed by atoms with E-state index in [1.807, 2.05) is 17.5 Å². The van der Waals surface area contributed by atoms with Crippen LogP contribution in [-0.2, 0) is 10.2 Å². The van der Waals surface area contributed by atoms with Crippen LogP contribution in [0, 0.1) is 0 Å². The quantitative estimate of drug-likeness (QED) is 0.760. The average molecular weight is 206 g/mol. The molecule has 1 heterocycles. The predicted molar refractivity (Wildman–Crippen MR) is 49.0 cm³/mol. The second kappa shape index (κ2) is 3.53. The van der Waals surface area contributed by atoms with Gasteiger partial charge in [-0.3, -0.25) is 0 Å². The van der Waals surface area contributed by atoms with Crippen LogP contribution in [0.3, 0.4) is 0 Å². The minimum Gasteiger partial charge on any atom is -0.216 e. The Balaban J connectivity index is 2.68. The normalized spacial score (nSPS) is 14.5. The maximum atomic E-state index is 10.6. The molecule has 1 aromatic rings. The smallest absolute Gasteiger partial charge is 0.216 e. The van der Waals surface area contributed by atoms with E-state index >= 15 is 0 Å². The van der Waals surface area contributed by atoms with E-state index in [0.717, 1.165) is 4.88 Å². The highest BCUT2D eigenvalue weighted by atomic mass is 32.2. The molecule has 1 aromatic heterocycles. The summed E-state index contributed by atoms with van der Waals surface area (Å²) < 4.78 is 23.5. The van der Waals surface area contributed by atoms with Gasteiger partial charge in [-0.2, -0.15) is 13.1 Å². The van der Waals surface area contributed by atoms with Gasteiger partial charge in [-0.25, -0.2) is 5.14 Å². The number of hydrogen-bond acceptors (Lipinski definition) is 3. The Hall–Kier alpha value is -0.430. The Labute approximate surface area is 75.6 Å².